The average molecular weight is 267 g/mol. The van der Waals surface area contributed by atoms with Gasteiger partial charge in [0.15, 0.2) is 0 Å². The highest BCUT2D eigenvalue weighted by molar-refractivity contribution is 6.43. The molecule has 1 heterocycles. The number of aryl methyl sites for hydroxylation is 1. The van der Waals surface area contributed by atoms with Crippen molar-refractivity contribution in [3.05, 3.63) is 57.8 Å². The summed E-state index contributed by atoms with van der Waals surface area (Å²) in [6.45, 7) is 2.66. The van der Waals surface area contributed by atoms with Gasteiger partial charge in [0.05, 0.1) is 28.0 Å². The molecule has 0 atom stereocenters. The van der Waals surface area contributed by atoms with Crippen molar-refractivity contribution in [3.63, 3.8) is 0 Å². The summed E-state index contributed by atoms with van der Waals surface area (Å²) in [7, 11) is 0. The van der Waals surface area contributed by atoms with Crippen molar-refractivity contribution in [3.8, 4) is 0 Å². The summed E-state index contributed by atoms with van der Waals surface area (Å²) in [4.78, 5) is 4.31. The number of anilines is 1. The third-order valence-electron chi connectivity index (χ3n) is 2.52. The molecule has 0 radical (unpaired) electrons. The number of hydrogen-bond donors (Lipinski definition) is 1. The molecule has 1 aromatic heterocycles. The topological polar surface area (TPSA) is 24.9 Å². The summed E-state index contributed by atoms with van der Waals surface area (Å²) in [5.74, 6) is 0. The summed E-state index contributed by atoms with van der Waals surface area (Å²) in [6.07, 6.45) is 1.78. The summed E-state index contributed by atoms with van der Waals surface area (Å²) in [5, 5.41) is 4.33. The van der Waals surface area contributed by atoms with Gasteiger partial charge < -0.3 is 5.32 Å². The van der Waals surface area contributed by atoms with E-state index in [0.29, 0.717) is 16.6 Å². The quantitative estimate of drug-likeness (QED) is 0.896. The molecule has 4 heteroatoms. The predicted octanol–water partition coefficient (Wildman–Crippen LogP) is 4.31. The van der Waals surface area contributed by atoms with E-state index in [1.807, 2.05) is 31.2 Å². The molecule has 88 valence electrons. The van der Waals surface area contributed by atoms with Crippen LogP contribution in [0.4, 0.5) is 5.69 Å². The van der Waals surface area contributed by atoms with Crippen LogP contribution >= 0.6 is 23.2 Å². The van der Waals surface area contributed by atoms with Crippen molar-refractivity contribution in [1.29, 1.82) is 0 Å². The average Bonchev–Trinajstić information content (AvgIpc) is 2.33. The highest BCUT2D eigenvalue weighted by Gasteiger charge is 2.04. The Kier molecular flexibility index (Phi) is 3.87. The molecular weight excluding hydrogens is 255 g/mol. The zero-order valence-electron chi connectivity index (χ0n) is 9.37. The second-order valence-electron chi connectivity index (χ2n) is 3.72. The van der Waals surface area contributed by atoms with Gasteiger partial charge in [-0.25, -0.2) is 0 Å². The van der Waals surface area contributed by atoms with Crippen molar-refractivity contribution in [2.24, 2.45) is 0 Å². The van der Waals surface area contributed by atoms with Crippen LogP contribution in [-0.2, 0) is 6.54 Å². The normalized spacial score (nSPS) is 10.3. The van der Waals surface area contributed by atoms with Crippen molar-refractivity contribution >= 4 is 28.9 Å². The fourth-order valence-corrected chi connectivity index (χ4v) is 1.89. The van der Waals surface area contributed by atoms with Crippen LogP contribution in [0.25, 0.3) is 0 Å². The predicted molar refractivity (Wildman–Crippen MR) is 72.8 cm³/mol. The van der Waals surface area contributed by atoms with Crippen LogP contribution in [-0.4, -0.2) is 4.98 Å². The van der Waals surface area contributed by atoms with Gasteiger partial charge >= 0.3 is 0 Å². The summed E-state index contributed by atoms with van der Waals surface area (Å²) >= 11 is 12.0. The van der Waals surface area contributed by atoms with Crippen LogP contribution in [0.3, 0.4) is 0 Å². The minimum absolute atomic E-state index is 0.544. The maximum atomic E-state index is 6.08. The number of aromatic nitrogens is 1. The number of nitrogens with one attached hydrogen (secondary N) is 1. The van der Waals surface area contributed by atoms with E-state index in [-0.39, 0.29) is 0 Å². The Morgan fingerprint density at radius 3 is 2.76 bits per heavy atom. The van der Waals surface area contributed by atoms with E-state index in [1.54, 1.807) is 12.3 Å². The van der Waals surface area contributed by atoms with Crippen LogP contribution in [0.5, 0.6) is 0 Å². The molecule has 0 bridgehead atoms. The Morgan fingerprint density at radius 2 is 2.00 bits per heavy atom. The monoisotopic (exact) mass is 266 g/mol. The van der Waals surface area contributed by atoms with Gasteiger partial charge in [-0.2, -0.15) is 0 Å². The molecule has 0 aliphatic heterocycles. The van der Waals surface area contributed by atoms with E-state index >= 15 is 0 Å². The molecule has 0 aliphatic carbocycles. The molecule has 0 amide bonds. The molecule has 0 fully saturated rings. The second kappa shape index (κ2) is 5.39. The van der Waals surface area contributed by atoms with Crippen LogP contribution < -0.4 is 5.32 Å². The lowest BCUT2D eigenvalue weighted by Gasteiger charge is -2.10. The Hall–Kier alpha value is -1.25. The van der Waals surface area contributed by atoms with Gasteiger partial charge in [-0.1, -0.05) is 35.3 Å². The summed E-state index contributed by atoms with van der Waals surface area (Å²) < 4.78 is 0. The first-order valence-corrected chi connectivity index (χ1v) is 6.02. The molecule has 0 unspecified atom stereocenters. The van der Waals surface area contributed by atoms with Crippen molar-refractivity contribution in [2.75, 3.05) is 5.32 Å². The molecule has 2 nitrogen and oxygen atoms in total. The Morgan fingerprint density at radius 1 is 1.18 bits per heavy atom. The SMILES string of the molecule is Cc1cccnc1CNc1cccc(Cl)c1Cl. The molecule has 0 aliphatic rings. The second-order valence-corrected chi connectivity index (χ2v) is 4.51. The van der Waals surface area contributed by atoms with E-state index in [2.05, 4.69) is 10.3 Å². The first-order chi connectivity index (χ1) is 8.18. The van der Waals surface area contributed by atoms with E-state index in [9.17, 15) is 0 Å². The molecule has 0 saturated carbocycles. The highest BCUT2D eigenvalue weighted by Crippen LogP contribution is 2.29. The standard InChI is InChI=1S/C13H12Cl2N2/c1-9-4-3-7-16-12(9)8-17-11-6-2-5-10(14)13(11)15/h2-7,17H,8H2,1H3. The fourth-order valence-electron chi connectivity index (χ4n) is 1.52. The van der Waals surface area contributed by atoms with Gasteiger partial charge in [0.2, 0.25) is 0 Å². The number of nitrogens with zero attached hydrogens (tertiary/aromatic N) is 1. The summed E-state index contributed by atoms with van der Waals surface area (Å²) in [5.41, 5.74) is 2.98. The maximum Gasteiger partial charge on any atom is 0.0823 e. The van der Waals surface area contributed by atoms with Gasteiger partial charge in [0, 0.05) is 6.20 Å². The van der Waals surface area contributed by atoms with E-state index in [4.69, 9.17) is 23.2 Å². The van der Waals surface area contributed by atoms with Crippen LogP contribution in [0.1, 0.15) is 11.3 Å². The third kappa shape index (κ3) is 2.90. The lowest BCUT2D eigenvalue weighted by molar-refractivity contribution is 1.02. The zero-order valence-corrected chi connectivity index (χ0v) is 10.9. The van der Waals surface area contributed by atoms with E-state index in [0.717, 1.165) is 16.9 Å². The van der Waals surface area contributed by atoms with Gasteiger partial charge in [-0.15, -0.1) is 0 Å². The largest absolute Gasteiger partial charge is 0.378 e. The number of benzene rings is 1. The molecule has 1 N–H and O–H groups in total. The van der Waals surface area contributed by atoms with Gasteiger partial charge in [0.25, 0.3) is 0 Å². The molecule has 17 heavy (non-hydrogen) atoms. The Balaban J connectivity index is 2.13. The maximum absolute atomic E-state index is 6.08. The van der Waals surface area contributed by atoms with Crippen molar-refractivity contribution in [1.82, 2.24) is 4.98 Å². The molecular formula is C13H12Cl2N2. The molecule has 2 aromatic rings. The van der Waals surface area contributed by atoms with Crippen LogP contribution in [0, 0.1) is 6.92 Å². The lowest BCUT2D eigenvalue weighted by atomic mass is 10.2. The van der Waals surface area contributed by atoms with Crippen molar-refractivity contribution < 1.29 is 0 Å². The van der Waals surface area contributed by atoms with Crippen LogP contribution in [0.15, 0.2) is 36.5 Å². The highest BCUT2D eigenvalue weighted by atomic mass is 35.5. The zero-order chi connectivity index (χ0) is 12.3. The first kappa shape index (κ1) is 12.2. The minimum Gasteiger partial charge on any atom is -0.378 e. The van der Waals surface area contributed by atoms with E-state index in [1.165, 1.54) is 0 Å². The molecule has 1 aromatic carbocycles. The number of halogens is 2. The number of hydrogen-bond acceptors (Lipinski definition) is 2. The van der Waals surface area contributed by atoms with E-state index < -0.39 is 0 Å². The Bertz CT molecular complexity index is 527. The third-order valence-corrected chi connectivity index (χ3v) is 3.33. The summed E-state index contributed by atoms with van der Waals surface area (Å²) in [6, 6.07) is 9.48. The minimum atomic E-state index is 0.544. The lowest BCUT2D eigenvalue weighted by Crippen LogP contribution is -2.03. The molecule has 2 rings (SSSR count). The number of pyridine rings is 1. The smallest absolute Gasteiger partial charge is 0.0823 e. The molecule has 0 saturated heterocycles. The van der Waals surface area contributed by atoms with Gasteiger partial charge in [-0.3, -0.25) is 4.98 Å². The van der Waals surface area contributed by atoms with Crippen LogP contribution in [0.2, 0.25) is 10.0 Å². The Labute approximate surface area is 111 Å². The first-order valence-electron chi connectivity index (χ1n) is 5.27. The fraction of sp³-hybridized carbons (Fsp3) is 0.154. The van der Waals surface area contributed by atoms with Gasteiger partial charge in [-0.05, 0) is 30.7 Å². The van der Waals surface area contributed by atoms with Crippen molar-refractivity contribution in [2.45, 2.75) is 13.5 Å². The van der Waals surface area contributed by atoms with Gasteiger partial charge in [0.1, 0.15) is 0 Å². The molecule has 0 spiro atoms. The number of rotatable bonds is 3.